The summed E-state index contributed by atoms with van der Waals surface area (Å²) in [4.78, 5) is 0. The smallest absolute Gasteiger partial charge is 0.184 e. The molecule has 14 heavy (non-hydrogen) atoms. The third-order valence-electron chi connectivity index (χ3n) is 2.51. The molecule has 0 saturated heterocycles. The maximum atomic E-state index is 6.26. The average Bonchev–Trinajstić information content (AvgIpc) is 2.85. The van der Waals surface area contributed by atoms with Gasteiger partial charge in [-0.1, -0.05) is 30.3 Å². The summed E-state index contributed by atoms with van der Waals surface area (Å²) in [6.45, 7) is 6.78. The summed E-state index contributed by atoms with van der Waals surface area (Å²) in [5.74, 6) is 0. The summed E-state index contributed by atoms with van der Waals surface area (Å²) < 4.78 is 6.26. The first kappa shape index (κ1) is 9.93. The molecule has 2 heteroatoms. The predicted molar refractivity (Wildman–Crippen MR) is 61.8 cm³/mol. The minimum Gasteiger partial charge on any atom is -0.408 e. The van der Waals surface area contributed by atoms with Crippen LogP contribution >= 0.6 is 0 Å². The molecular formula is C12H18OSi. The Hall–Kier alpha value is -0.603. The van der Waals surface area contributed by atoms with Crippen molar-refractivity contribution in [3.05, 3.63) is 35.9 Å². The lowest BCUT2D eigenvalue weighted by Gasteiger charge is -2.26. The van der Waals surface area contributed by atoms with Gasteiger partial charge < -0.3 is 4.43 Å². The van der Waals surface area contributed by atoms with Gasteiger partial charge in [-0.3, -0.25) is 0 Å². The summed E-state index contributed by atoms with van der Waals surface area (Å²) in [6.07, 6.45) is 2.39. The molecule has 0 unspecified atom stereocenters. The lowest BCUT2D eigenvalue weighted by Crippen LogP contribution is -2.31. The van der Waals surface area contributed by atoms with Gasteiger partial charge in [0, 0.05) is 0 Å². The van der Waals surface area contributed by atoms with Gasteiger partial charge in [0.15, 0.2) is 8.32 Å². The van der Waals surface area contributed by atoms with E-state index in [9.17, 15) is 0 Å². The molecule has 1 fully saturated rings. The molecule has 2 rings (SSSR count). The van der Waals surface area contributed by atoms with Gasteiger partial charge in [0.1, 0.15) is 0 Å². The van der Waals surface area contributed by atoms with Gasteiger partial charge >= 0.3 is 0 Å². The van der Waals surface area contributed by atoms with Crippen LogP contribution in [0.2, 0.25) is 19.6 Å². The first-order valence-electron chi connectivity index (χ1n) is 5.28. The zero-order valence-electron chi connectivity index (χ0n) is 9.21. The maximum Gasteiger partial charge on any atom is 0.184 e. The van der Waals surface area contributed by atoms with Crippen LogP contribution < -0.4 is 0 Å². The Labute approximate surface area is 87.2 Å². The van der Waals surface area contributed by atoms with Crippen molar-refractivity contribution >= 4 is 8.32 Å². The van der Waals surface area contributed by atoms with Crippen LogP contribution in [0.1, 0.15) is 18.4 Å². The van der Waals surface area contributed by atoms with Crippen LogP contribution in [0, 0.1) is 0 Å². The quantitative estimate of drug-likeness (QED) is 0.687. The van der Waals surface area contributed by atoms with E-state index in [-0.39, 0.29) is 5.60 Å². The highest BCUT2D eigenvalue weighted by atomic mass is 28.4. The van der Waals surface area contributed by atoms with E-state index in [1.165, 1.54) is 18.4 Å². The second-order valence-electron chi connectivity index (χ2n) is 5.07. The summed E-state index contributed by atoms with van der Waals surface area (Å²) in [5.41, 5.74) is 1.45. The molecule has 1 aliphatic rings. The second-order valence-corrected chi connectivity index (χ2v) is 9.50. The summed E-state index contributed by atoms with van der Waals surface area (Å²) >= 11 is 0. The van der Waals surface area contributed by atoms with E-state index in [1.54, 1.807) is 0 Å². The predicted octanol–water partition coefficient (Wildman–Crippen LogP) is 3.53. The minimum atomic E-state index is -1.41. The third-order valence-corrected chi connectivity index (χ3v) is 3.51. The van der Waals surface area contributed by atoms with E-state index < -0.39 is 8.32 Å². The SMILES string of the molecule is C[Si](C)(C)OC1(c2ccccc2)CC1. The number of benzene rings is 1. The van der Waals surface area contributed by atoms with Gasteiger partial charge in [0.25, 0.3) is 0 Å². The first-order valence-corrected chi connectivity index (χ1v) is 8.68. The van der Waals surface area contributed by atoms with Crippen LogP contribution in [0.5, 0.6) is 0 Å². The van der Waals surface area contributed by atoms with Crippen molar-refractivity contribution in [3.63, 3.8) is 0 Å². The van der Waals surface area contributed by atoms with Crippen molar-refractivity contribution in [1.29, 1.82) is 0 Å². The minimum absolute atomic E-state index is 0.0890. The Kier molecular flexibility index (Phi) is 2.28. The van der Waals surface area contributed by atoms with Crippen LogP contribution in [-0.2, 0) is 10.0 Å². The molecule has 0 aliphatic heterocycles. The lowest BCUT2D eigenvalue weighted by atomic mass is 10.1. The van der Waals surface area contributed by atoms with E-state index in [1.807, 2.05) is 0 Å². The molecule has 1 saturated carbocycles. The van der Waals surface area contributed by atoms with E-state index in [2.05, 4.69) is 50.0 Å². The number of hydrogen-bond acceptors (Lipinski definition) is 1. The van der Waals surface area contributed by atoms with Gasteiger partial charge in [0.05, 0.1) is 5.60 Å². The highest BCUT2D eigenvalue weighted by molar-refractivity contribution is 6.69. The normalized spacial score (nSPS) is 19.4. The van der Waals surface area contributed by atoms with Crippen molar-refractivity contribution in [2.45, 2.75) is 38.1 Å². The first-order chi connectivity index (χ1) is 6.52. The molecule has 1 aromatic carbocycles. The summed E-state index contributed by atoms with van der Waals surface area (Å²) in [5, 5.41) is 0. The molecule has 1 aliphatic carbocycles. The summed E-state index contributed by atoms with van der Waals surface area (Å²) in [7, 11) is -1.41. The number of hydrogen-bond donors (Lipinski definition) is 0. The molecule has 0 radical (unpaired) electrons. The largest absolute Gasteiger partial charge is 0.408 e. The second kappa shape index (κ2) is 3.21. The Morgan fingerprint density at radius 3 is 2.07 bits per heavy atom. The van der Waals surface area contributed by atoms with Crippen LogP contribution in [0.15, 0.2) is 30.3 Å². The van der Waals surface area contributed by atoms with E-state index in [0.717, 1.165) is 0 Å². The Balaban J connectivity index is 2.18. The monoisotopic (exact) mass is 206 g/mol. The molecule has 0 heterocycles. The number of rotatable bonds is 3. The molecular weight excluding hydrogens is 188 g/mol. The Morgan fingerprint density at radius 1 is 1.07 bits per heavy atom. The lowest BCUT2D eigenvalue weighted by molar-refractivity contribution is 0.172. The van der Waals surface area contributed by atoms with E-state index in [0.29, 0.717) is 0 Å². The molecule has 0 amide bonds. The van der Waals surface area contributed by atoms with Gasteiger partial charge in [-0.15, -0.1) is 0 Å². The zero-order valence-corrected chi connectivity index (χ0v) is 10.2. The molecule has 1 aromatic rings. The van der Waals surface area contributed by atoms with Gasteiger partial charge in [0.2, 0.25) is 0 Å². The molecule has 0 N–H and O–H groups in total. The zero-order chi connectivity index (χ0) is 10.2. The Bertz CT molecular complexity index is 309. The average molecular weight is 206 g/mol. The highest BCUT2D eigenvalue weighted by Gasteiger charge is 2.47. The van der Waals surface area contributed by atoms with Crippen molar-refractivity contribution in [2.24, 2.45) is 0 Å². The fraction of sp³-hybridized carbons (Fsp3) is 0.500. The molecule has 1 nitrogen and oxygen atoms in total. The van der Waals surface area contributed by atoms with Gasteiger partial charge in [-0.05, 0) is 38.0 Å². The third kappa shape index (κ3) is 2.07. The maximum absolute atomic E-state index is 6.26. The van der Waals surface area contributed by atoms with Crippen LogP contribution in [0.4, 0.5) is 0 Å². The summed E-state index contributed by atoms with van der Waals surface area (Å²) in [6, 6.07) is 10.6. The molecule has 0 bridgehead atoms. The van der Waals surface area contributed by atoms with Crippen LogP contribution in [-0.4, -0.2) is 8.32 Å². The molecule has 0 spiro atoms. The Morgan fingerprint density at radius 2 is 1.64 bits per heavy atom. The van der Waals surface area contributed by atoms with E-state index in [4.69, 9.17) is 4.43 Å². The van der Waals surface area contributed by atoms with Crippen LogP contribution in [0.25, 0.3) is 0 Å². The van der Waals surface area contributed by atoms with Gasteiger partial charge in [-0.25, -0.2) is 0 Å². The van der Waals surface area contributed by atoms with Crippen molar-refractivity contribution in [1.82, 2.24) is 0 Å². The standard InChI is InChI=1S/C12H18OSi/c1-14(2,3)13-12(9-10-12)11-7-5-4-6-8-11/h4-8H,9-10H2,1-3H3. The van der Waals surface area contributed by atoms with Crippen molar-refractivity contribution < 1.29 is 4.43 Å². The fourth-order valence-electron chi connectivity index (χ4n) is 1.89. The van der Waals surface area contributed by atoms with Gasteiger partial charge in [-0.2, -0.15) is 0 Å². The molecule has 0 atom stereocenters. The topological polar surface area (TPSA) is 9.23 Å². The van der Waals surface area contributed by atoms with E-state index >= 15 is 0 Å². The molecule has 76 valence electrons. The molecule has 0 aromatic heterocycles. The van der Waals surface area contributed by atoms with Crippen molar-refractivity contribution in [3.8, 4) is 0 Å². The van der Waals surface area contributed by atoms with Crippen LogP contribution in [0.3, 0.4) is 0 Å². The fourth-order valence-corrected chi connectivity index (χ4v) is 3.39. The highest BCUT2D eigenvalue weighted by Crippen LogP contribution is 2.50. The van der Waals surface area contributed by atoms with Crippen molar-refractivity contribution in [2.75, 3.05) is 0 Å².